The standard InChI is InChI=1S/C13H26N2O3/c1-10(7-13(17-6)8-14-9-13)15(5)11(16)18-12(2,3)4/h10,14H,7-9H2,1-6H3. The molecule has 0 bridgehead atoms. The van der Waals surface area contributed by atoms with Gasteiger partial charge in [-0.2, -0.15) is 0 Å². The number of rotatable bonds is 4. The molecule has 1 N–H and O–H groups in total. The fourth-order valence-electron chi connectivity index (χ4n) is 1.97. The molecule has 1 aliphatic heterocycles. The molecule has 1 unspecified atom stereocenters. The second kappa shape index (κ2) is 5.45. The number of carbonyl (C=O) groups is 1. The average Bonchev–Trinajstić information content (AvgIpc) is 2.19. The zero-order valence-corrected chi connectivity index (χ0v) is 12.4. The third kappa shape index (κ3) is 3.85. The summed E-state index contributed by atoms with van der Waals surface area (Å²) in [4.78, 5) is 13.6. The maximum absolute atomic E-state index is 11.9. The summed E-state index contributed by atoms with van der Waals surface area (Å²) in [5.74, 6) is 0. The highest BCUT2D eigenvalue weighted by atomic mass is 16.6. The molecule has 1 aliphatic rings. The largest absolute Gasteiger partial charge is 0.444 e. The van der Waals surface area contributed by atoms with E-state index >= 15 is 0 Å². The van der Waals surface area contributed by atoms with Gasteiger partial charge in [0.1, 0.15) is 5.60 Å². The molecule has 1 fully saturated rings. The summed E-state index contributed by atoms with van der Waals surface area (Å²) in [6, 6.07) is 0.0851. The first-order valence-electron chi connectivity index (χ1n) is 6.41. The normalized spacial score (nSPS) is 19.9. The van der Waals surface area contributed by atoms with Gasteiger partial charge in [0, 0.05) is 33.3 Å². The van der Waals surface area contributed by atoms with Crippen LogP contribution in [-0.4, -0.2) is 55.5 Å². The van der Waals surface area contributed by atoms with Crippen molar-refractivity contribution in [3.05, 3.63) is 0 Å². The van der Waals surface area contributed by atoms with Gasteiger partial charge in [0.2, 0.25) is 0 Å². The van der Waals surface area contributed by atoms with Crippen LogP contribution >= 0.6 is 0 Å². The van der Waals surface area contributed by atoms with Gasteiger partial charge >= 0.3 is 6.09 Å². The van der Waals surface area contributed by atoms with Gasteiger partial charge in [-0.15, -0.1) is 0 Å². The van der Waals surface area contributed by atoms with E-state index in [1.54, 1.807) is 19.1 Å². The van der Waals surface area contributed by atoms with Gasteiger partial charge in [0.15, 0.2) is 0 Å². The van der Waals surface area contributed by atoms with Crippen LogP contribution in [0.1, 0.15) is 34.1 Å². The predicted molar refractivity (Wildman–Crippen MR) is 70.7 cm³/mol. The Morgan fingerprint density at radius 2 is 2.00 bits per heavy atom. The highest BCUT2D eigenvalue weighted by Crippen LogP contribution is 2.24. The van der Waals surface area contributed by atoms with E-state index in [9.17, 15) is 4.79 Å². The number of hydrogen-bond donors (Lipinski definition) is 1. The van der Waals surface area contributed by atoms with Gasteiger partial charge in [-0.25, -0.2) is 4.79 Å². The Balaban J connectivity index is 2.50. The van der Waals surface area contributed by atoms with Crippen LogP contribution in [0, 0.1) is 0 Å². The van der Waals surface area contributed by atoms with Crippen LogP contribution in [-0.2, 0) is 9.47 Å². The summed E-state index contributed by atoms with van der Waals surface area (Å²) in [5, 5.41) is 3.21. The van der Waals surface area contributed by atoms with Gasteiger partial charge in [-0.1, -0.05) is 0 Å². The van der Waals surface area contributed by atoms with E-state index in [0.717, 1.165) is 19.5 Å². The van der Waals surface area contributed by atoms with Crippen LogP contribution in [0.25, 0.3) is 0 Å². The Labute approximate surface area is 110 Å². The quantitative estimate of drug-likeness (QED) is 0.832. The number of carbonyl (C=O) groups excluding carboxylic acids is 1. The zero-order valence-electron chi connectivity index (χ0n) is 12.4. The molecule has 0 aliphatic carbocycles. The third-order valence-corrected chi connectivity index (χ3v) is 3.34. The molecule has 0 spiro atoms. The molecule has 0 aromatic carbocycles. The lowest BCUT2D eigenvalue weighted by molar-refractivity contribution is -0.0706. The zero-order chi connectivity index (χ0) is 14.0. The summed E-state index contributed by atoms with van der Waals surface area (Å²) in [5.41, 5.74) is -0.586. The smallest absolute Gasteiger partial charge is 0.410 e. The average molecular weight is 258 g/mol. The van der Waals surface area contributed by atoms with Crippen molar-refractivity contribution < 1.29 is 14.3 Å². The van der Waals surface area contributed by atoms with Crippen LogP contribution in [0.15, 0.2) is 0 Å². The summed E-state index contributed by atoms with van der Waals surface area (Å²) >= 11 is 0. The minimum atomic E-state index is -0.456. The first kappa shape index (κ1) is 15.2. The predicted octanol–water partition coefficient (Wildman–Crippen LogP) is 1.62. The van der Waals surface area contributed by atoms with E-state index in [1.807, 2.05) is 27.7 Å². The molecule has 5 nitrogen and oxygen atoms in total. The molecule has 18 heavy (non-hydrogen) atoms. The summed E-state index contributed by atoms with van der Waals surface area (Å²) < 4.78 is 10.9. The molecular formula is C13H26N2O3. The first-order chi connectivity index (χ1) is 8.19. The van der Waals surface area contributed by atoms with Crippen molar-refractivity contribution >= 4 is 6.09 Å². The van der Waals surface area contributed by atoms with Crippen LogP contribution < -0.4 is 5.32 Å². The Morgan fingerprint density at radius 1 is 1.44 bits per heavy atom. The van der Waals surface area contributed by atoms with Crippen LogP contribution in [0.5, 0.6) is 0 Å². The lowest BCUT2D eigenvalue weighted by atomic mass is 9.89. The Kier molecular flexibility index (Phi) is 4.61. The second-order valence-electron chi connectivity index (χ2n) is 6.14. The molecule has 1 rings (SSSR count). The molecule has 1 saturated heterocycles. The molecule has 5 heteroatoms. The van der Waals surface area contributed by atoms with E-state index in [4.69, 9.17) is 9.47 Å². The maximum Gasteiger partial charge on any atom is 0.410 e. The van der Waals surface area contributed by atoms with Crippen molar-refractivity contribution in [2.24, 2.45) is 0 Å². The minimum Gasteiger partial charge on any atom is -0.444 e. The third-order valence-electron chi connectivity index (χ3n) is 3.34. The molecule has 1 amide bonds. The van der Waals surface area contributed by atoms with Crippen LogP contribution in [0.3, 0.4) is 0 Å². The number of hydrogen-bond acceptors (Lipinski definition) is 4. The molecule has 1 heterocycles. The Hall–Kier alpha value is -0.810. The van der Waals surface area contributed by atoms with E-state index in [2.05, 4.69) is 5.32 Å². The Bertz CT molecular complexity index is 290. The number of amides is 1. The molecular weight excluding hydrogens is 232 g/mol. The van der Waals surface area contributed by atoms with E-state index < -0.39 is 5.60 Å². The topological polar surface area (TPSA) is 50.8 Å². The number of methoxy groups -OCH3 is 1. The number of nitrogens with zero attached hydrogens (tertiary/aromatic N) is 1. The highest BCUT2D eigenvalue weighted by Gasteiger charge is 2.39. The Morgan fingerprint density at radius 3 is 2.33 bits per heavy atom. The SMILES string of the molecule is COC1(CC(C)N(C)C(=O)OC(C)(C)C)CNC1. The molecule has 0 saturated carbocycles. The van der Waals surface area contributed by atoms with Gasteiger partial charge in [0.25, 0.3) is 0 Å². The fraction of sp³-hybridized carbons (Fsp3) is 0.923. The fourth-order valence-corrected chi connectivity index (χ4v) is 1.97. The van der Waals surface area contributed by atoms with E-state index in [0.29, 0.717) is 0 Å². The van der Waals surface area contributed by atoms with E-state index in [1.165, 1.54) is 0 Å². The van der Waals surface area contributed by atoms with Crippen LogP contribution in [0.4, 0.5) is 4.79 Å². The molecule has 0 aromatic heterocycles. The summed E-state index contributed by atoms with van der Waals surface area (Å²) in [6.07, 6.45) is 0.528. The van der Waals surface area contributed by atoms with Crippen molar-refractivity contribution in [3.8, 4) is 0 Å². The first-order valence-corrected chi connectivity index (χ1v) is 6.41. The lowest BCUT2D eigenvalue weighted by Crippen LogP contribution is -2.62. The number of ether oxygens (including phenoxy) is 2. The molecule has 106 valence electrons. The molecule has 0 radical (unpaired) electrons. The summed E-state index contributed by atoms with van der Waals surface area (Å²) in [6.45, 7) is 9.32. The second-order valence-corrected chi connectivity index (χ2v) is 6.14. The van der Waals surface area contributed by atoms with Gasteiger partial charge in [-0.3, -0.25) is 0 Å². The molecule has 1 atom stereocenters. The van der Waals surface area contributed by atoms with Crippen molar-refractivity contribution in [1.29, 1.82) is 0 Å². The van der Waals surface area contributed by atoms with Gasteiger partial charge < -0.3 is 19.7 Å². The van der Waals surface area contributed by atoms with Crippen molar-refractivity contribution in [2.75, 3.05) is 27.2 Å². The monoisotopic (exact) mass is 258 g/mol. The minimum absolute atomic E-state index is 0.0851. The van der Waals surface area contributed by atoms with E-state index in [-0.39, 0.29) is 17.7 Å². The van der Waals surface area contributed by atoms with Gasteiger partial charge in [-0.05, 0) is 34.1 Å². The molecule has 0 aromatic rings. The van der Waals surface area contributed by atoms with Crippen molar-refractivity contribution in [2.45, 2.75) is 51.4 Å². The number of nitrogens with one attached hydrogen (secondary N) is 1. The summed E-state index contributed by atoms with van der Waals surface area (Å²) in [7, 11) is 3.50. The maximum atomic E-state index is 11.9. The lowest BCUT2D eigenvalue weighted by Gasteiger charge is -2.44. The highest BCUT2D eigenvalue weighted by molar-refractivity contribution is 5.68. The van der Waals surface area contributed by atoms with Gasteiger partial charge in [0.05, 0.1) is 5.60 Å². The van der Waals surface area contributed by atoms with Crippen molar-refractivity contribution in [1.82, 2.24) is 10.2 Å². The van der Waals surface area contributed by atoms with Crippen LogP contribution in [0.2, 0.25) is 0 Å². The van der Waals surface area contributed by atoms with Crippen molar-refractivity contribution in [3.63, 3.8) is 0 Å².